The number of amides is 1. The number of fused-ring (bicyclic) bond motifs is 1. The predicted octanol–water partition coefficient (Wildman–Crippen LogP) is 1.79. The zero-order valence-electron chi connectivity index (χ0n) is 15.4. The number of hydrogen-bond acceptors (Lipinski definition) is 4. The van der Waals surface area contributed by atoms with Crippen LogP contribution < -0.4 is 5.32 Å². The molecule has 0 radical (unpaired) electrons. The molecular formula is C21H26N2O3S. The van der Waals surface area contributed by atoms with Gasteiger partial charge in [-0.3, -0.25) is 14.4 Å². The van der Waals surface area contributed by atoms with Crippen molar-refractivity contribution in [3.05, 3.63) is 35.4 Å². The molecule has 2 fully saturated rings. The van der Waals surface area contributed by atoms with E-state index in [-0.39, 0.29) is 28.8 Å². The standard InChI is InChI=1S/C21H26N2O3S/c24-18(12-13-10-14-4-1-2-5-15(14)11-13)23-9-3-6-17(23)20(25)16-7-8-22-19(16)21(26)27/h1-2,4-5,13,16-17,19,22H,3,6-12H2,(H,26,27)/t16?,17-,19-/m0/s1. The minimum absolute atomic E-state index is 0.0351. The zero-order valence-corrected chi connectivity index (χ0v) is 16.3. The summed E-state index contributed by atoms with van der Waals surface area (Å²) in [6, 6.07) is 7.50. The first kappa shape index (κ1) is 18.7. The van der Waals surface area contributed by atoms with Gasteiger partial charge in [0.1, 0.15) is 0 Å². The maximum atomic E-state index is 13.1. The SMILES string of the molecule is O=C(S)[C@H]1NCCC1C(=O)[C@@H]1CCCN1C(=O)CC1Cc2ccccc2C1. The third-order valence-corrected chi connectivity index (χ3v) is 6.63. The van der Waals surface area contributed by atoms with Crippen molar-refractivity contribution in [1.82, 2.24) is 10.2 Å². The van der Waals surface area contributed by atoms with Crippen molar-refractivity contribution in [2.75, 3.05) is 13.1 Å². The summed E-state index contributed by atoms with van der Waals surface area (Å²) < 4.78 is 0. The Kier molecular flexibility index (Phi) is 5.37. The summed E-state index contributed by atoms with van der Waals surface area (Å²) in [6.45, 7) is 1.29. The lowest BCUT2D eigenvalue weighted by molar-refractivity contribution is -0.140. The molecule has 1 unspecified atom stereocenters. The summed E-state index contributed by atoms with van der Waals surface area (Å²) in [5, 5.41) is 2.79. The highest BCUT2D eigenvalue weighted by molar-refractivity contribution is 7.96. The van der Waals surface area contributed by atoms with Gasteiger partial charge in [0.05, 0.1) is 12.1 Å². The number of ketones is 1. The molecule has 0 bridgehead atoms. The second-order valence-electron chi connectivity index (χ2n) is 8.06. The highest BCUT2D eigenvalue weighted by Gasteiger charge is 2.43. The molecule has 2 saturated heterocycles. The quantitative estimate of drug-likeness (QED) is 0.757. The second kappa shape index (κ2) is 7.76. The topological polar surface area (TPSA) is 66.5 Å². The summed E-state index contributed by atoms with van der Waals surface area (Å²) in [6.07, 6.45) is 4.59. The summed E-state index contributed by atoms with van der Waals surface area (Å²) in [5.41, 5.74) is 2.69. The Morgan fingerprint density at radius 1 is 1.11 bits per heavy atom. The Labute approximate surface area is 165 Å². The summed E-state index contributed by atoms with van der Waals surface area (Å²) in [4.78, 5) is 39.5. The number of thiol groups is 1. The third kappa shape index (κ3) is 3.69. The Morgan fingerprint density at radius 3 is 2.48 bits per heavy atom. The number of nitrogens with zero attached hydrogens (tertiary/aromatic N) is 1. The predicted molar refractivity (Wildman–Crippen MR) is 106 cm³/mol. The molecule has 1 amide bonds. The third-order valence-electron chi connectivity index (χ3n) is 6.35. The summed E-state index contributed by atoms with van der Waals surface area (Å²) >= 11 is 3.92. The molecule has 27 heavy (non-hydrogen) atoms. The van der Waals surface area contributed by atoms with Crippen molar-refractivity contribution in [2.24, 2.45) is 11.8 Å². The van der Waals surface area contributed by atoms with Crippen molar-refractivity contribution in [1.29, 1.82) is 0 Å². The first-order valence-corrected chi connectivity index (χ1v) is 10.4. The molecule has 3 aliphatic rings. The van der Waals surface area contributed by atoms with E-state index in [1.807, 2.05) is 12.1 Å². The fourth-order valence-electron chi connectivity index (χ4n) is 5.04. The van der Waals surface area contributed by atoms with Crippen molar-refractivity contribution in [2.45, 2.75) is 50.6 Å². The van der Waals surface area contributed by atoms with Gasteiger partial charge in [-0.2, -0.15) is 0 Å². The number of likely N-dealkylation sites (tertiary alicyclic amines) is 1. The van der Waals surface area contributed by atoms with Gasteiger partial charge in [-0.25, -0.2) is 0 Å². The van der Waals surface area contributed by atoms with Crippen molar-refractivity contribution < 1.29 is 14.4 Å². The fourth-order valence-corrected chi connectivity index (χ4v) is 5.31. The molecule has 1 aromatic carbocycles. The lowest BCUT2D eigenvalue weighted by Gasteiger charge is -2.28. The van der Waals surface area contributed by atoms with Gasteiger partial charge in [0.15, 0.2) is 5.78 Å². The number of rotatable bonds is 5. The molecule has 1 aliphatic carbocycles. The molecule has 0 aromatic heterocycles. The number of carbonyl (C=O) groups is 3. The van der Waals surface area contributed by atoms with E-state index in [2.05, 4.69) is 30.1 Å². The number of Topliss-reactive ketones (excluding diaryl/α,β-unsaturated/α-hetero) is 1. The van der Waals surface area contributed by atoms with Gasteiger partial charge >= 0.3 is 0 Å². The molecule has 6 heteroatoms. The van der Waals surface area contributed by atoms with Gasteiger partial charge in [-0.05, 0) is 55.7 Å². The van der Waals surface area contributed by atoms with E-state index in [1.54, 1.807) is 4.90 Å². The molecule has 0 spiro atoms. The van der Waals surface area contributed by atoms with E-state index in [1.165, 1.54) is 11.1 Å². The molecule has 144 valence electrons. The lowest BCUT2D eigenvalue weighted by Crippen LogP contribution is -2.47. The van der Waals surface area contributed by atoms with Gasteiger partial charge in [-0.1, -0.05) is 24.3 Å². The second-order valence-corrected chi connectivity index (χ2v) is 8.50. The monoisotopic (exact) mass is 386 g/mol. The minimum Gasteiger partial charge on any atom is -0.333 e. The van der Waals surface area contributed by atoms with Crippen LogP contribution in [-0.4, -0.2) is 46.9 Å². The number of nitrogens with one attached hydrogen (secondary N) is 1. The average Bonchev–Trinajstić information content (AvgIpc) is 3.38. The number of hydrogen-bond donors (Lipinski definition) is 2. The Balaban J connectivity index is 1.40. The number of benzene rings is 1. The van der Waals surface area contributed by atoms with Crippen LogP contribution in [0.15, 0.2) is 24.3 Å². The smallest absolute Gasteiger partial charge is 0.223 e. The molecule has 2 heterocycles. The molecule has 5 nitrogen and oxygen atoms in total. The van der Waals surface area contributed by atoms with Gasteiger partial charge in [0.2, 0.25) is 11.0 Å². The van der Waals surface area contributed by atoms with Crippen LogP contribution in [0.25, 0.3) is 0 Å². The largest absolute Gasteiger partial charge is 0.333 e. The highest BCUT2D eigenvalue weighted by atomic mass is 32.1. The fraction of sp³-hybridized carbons (Fsp3) is 0.571. The number of carbonyl (C=O) groups excluding carboxylic acids is 3. The van der Waals surface area contributed by atoms with E-state index >= 15 is 0 Å². The molecule has 1 aromatic rings. The minimum atomic E-state index is -0.511. The van der Waals surface area contributed by atoms with E-state index in [0.717, 1.165) is 19.3 Å². The first-order valence-electron chi connectivity index (χ1n) is 9.90. The maximum Gasteiger partial charge on any atom is 0.223 e. The van der Waals surface area contributed by atoms with Gasteiger partial charge in [0.25, 0.3) is 0 Å². The van der Waals surface area contributed by atoms with Crippen molar-refractivity contribution in [3.8, 4) is 0 Å². The van der Waals surface area contributed by atoms with E-state index in [4.69, 9.17) is 0 Å². The van der Waals surface area contributed by atoms with E-state index < -0.39 is 6.04 Å². The van der Waals surface area contributed by atoms with Gasteiger partial charge in [-0.15, -0.1) is 12.6 Å². The van der Waals surface area contributed by atoms with Crippen LogP contribution in [0.4, 0.5) is 0 Å². The normalized spacial score (nSPS) is 27.7. The van der Waals surface area contributed by atoms with Crippen LogP contribution in [0, 0.1) is 11.8 Å². The first-order chi connectivity index (χ1) is 13.0. The van der Waals surface area contributed by atoms with Crippen molar-refractivity contribution in [3.63, 3.8) is 0 Å². The molecule has 0 saturated carbocycles. The highest BCUT2D eigenvalue weighted by Crippen LogP contribution is 2.31. The van der Waals surface area contributed by atoms with E-state index in [9.17, 15) is 14.4 Å². The Bertz CT molecular complexity index is 741. The van der Waals surface area contributed by atoms with Crippen LogP contribution >= 0.6 is 12.6 Å². The van der Waals surface area contributed by atoms with Gasteiger partial charge in [0, 0.05) is 18.9 Å². The maximum absolute atomic E-state index is 13.1. The van der Waals surface area contributed by atoms with Crippen molar-refractivity contribution >= 4 is 29.4 Å². The summed E-state index contributed by atoms with van der Waals surface area (Å²) in [5.74, 6) is 0.0895. The molecule has 3 atom stereocenters. The molecule has 2 aliphatic heterocycles. The lowest BCUT2D eigenvalue weighted by atomic mass is 9.90. The summed E-state index contributed by atoms with van der Waals surface area (Å²) in [7, 11) is 0. The van der Waals surface area contributed by atoms with Crippen LogP contribution in [0.2, 0.25) is 0 Å². The van der Waals surface area contributed by atoms with Crippen LogP contribution in [0.3, 0.4) is 0 Å². The van der Waals surface area contributed by atoms with Crippen LogP contribution in [-0.2, 0) is 27.2 Å². The Hall–Kier alpha value is -1.66. The van der Waals surface area contributed by atoms with Crippen LogP contribution in [0.1, 0.15) is 36.8 Å². The molecule has 4 rings (SSSR count). The Morgan fingerprint density at radius 2 is 1.81 bits per heavy atom. The van der Waals surface area contributed by atoms with E-state index in [0.29, 0.717) is 38.3 Å². The molecular weight excluding hydrogens is 360 g/mol. The molecule has 1 N–H and O–H groups in total. The average molecular weight is 387 g/mol. The van der Waals surface area contributed by atoms with Crippen LogP contribution in [0.5, 0.6) is 0 Å². The van der Waals surface area contributed by atoms with Gasteiger partial charge < -0.3 is 10.2 Å². The zero-order chi connectivity index (χ0) is 19.0.